The Labute approximate surface area is 122 Å². The second kappa shape index (κ2) is 6.07. The van der Waals surface area contributed by atoms with E-state index < -0.39 is 27.4 Å². The molecule has 0 N–H and O–H groups in total. The van der Waals surface area contributed by atoms with Gasteiger partial charge in [0, 0.05) is 39.2 Å². The predicted molar refractivity (Wildman–Crippen MR) is 72.8 cm³/mol. The molecule has 1 fully saturated rings. The van der Waals surface area contributed by atoms with Crippen molar-refractivity contribution in [1.29, 1.82) is 0 Å². The van der Waals surface area contributed by atoms with E-state index in [-0.39, 0.29) is 24.6 Å². The van der Waals surface area contributed by atoms with Gasteiger partial charge in [-0.25, -0.2) is 17.2 Å². The van der Waals surface area contributed by atoms with Crippen molar-refractivity contribution < 1.29 is 22.0 Å². The number of amides is 1. The van der Waals surface area contributed by atoms with Crippen molar-refractivity contribution in [3.8, 4) is 0 Å². The molecule has 1 heterocycles. The number of nitrogens with zero attached hydrogens (tertiary/aromatic N) is 2. The van der Waals surface area contributed by atoms with E-state index in [2.05, 4.69) is 0 Å². The fourth-order valence-corrected chi connectivity index (χ4v) is 3.77. The largest absolute Gasteiger partial charge is 0.340 e. The number of carbonyl (C=O) groups excluding carboxylic acids is 1. The van der Waals surface area contributed by atoms with Crippen molar-refractivity contribution in [3.63, 3.8) is 0 Å². The minimum Gasteiger partial charge on any atom is -0.340 e. The third-order valence-corrected chi connectivity index (χ3v) is 5.20. The number of benzene rings is 1. The van der Waals surface area contributed by atoms with Gasteiger partial charge in [0.2, 0.25) is 15.9 Å². The highest BCUT2D eigenvalue weighted by molar-refractivity contribution is 7.88. The fourth-order valence-electron chi connectivity index (χ4n) is 2.28. The zero-order valence-corrected chi connectivity index (χ0v) is 12.4. The maximum Gasteiger partial charge on any atom is 0.219 e. The summed E-state index contributed by atoms with van der Waals surface area (Å²) in [6, 6.07) is 2.71. The average Bonchev–Trinajstić information content (AvgIpc) is 2.37. The van der Waals surface area contributed by atoms with Crippen molar-refractivity contribution in [2.24, 2.45) is 0 Å². The Morgan fingerprint density at radius 2 is 1.62 bits per heavy atom. The minimum atomic E-state index is -3.66. The molecule has 0 atom stereocenters. The van der Waals surface area contributed by atoms with E-state index in [9.17, 15) is 22.0 Å². The van der Waals surface area contributed by atoms with Crippen LogP contribution in [0.3, 0.4) is 0 Å². The summed E-state index contributed by atoms with van der Waals surface area (Å²) in [5.74, 6) is -2.16. The zero-order valence-electron chi connectivity index (χ0n) is 11.6. The van der Waals surface area contributed by atoms with Crippen LogP contribution in [0.5, 0.6) is 0 Å². The molecule has 0 aliphatic carbocycles. The summed E-state index contributed by atoms with van der Waals surface area (Å²) in [6.07, 6.45) is 0. The van der Waals surface area contributed by atoms with E-state index in [0.29, 0.717) is 19.2 Å². The number of hydrogen-bond donors (Lipinski definition) is 0. The summed E-state index contributed by atoms with van der Waals surface area (Å²) in [7, 11) is -3.66. The lowest BCUT2D eigenvalue weighted by Gasteiger charge is -2.33. The first kappa shape index (κ1) is 15.8. The Balaban J connectivity index is 2.07. The molecule has 5 nitrogen and oxygen atoms in total. The highest BCUT2D eigenvalue weighted by Crippen LogP contribution is 2.16. The van der Waals surface area contributed by atoms with Gasteiger partial charge in [-0.3, -0.25) is 4.79 Å². The molecular formula is C13H16F2N2O3S. The number of rotatable bonds is 3. The van der Waals surface area contributed by atoms with E-state index in [1.54, 1.807) is 4.90 Å². The van der Waals surface area contributed by atoms with Crippen LogP contribution >= 0.6 is 0 Å². The van der Waals surface area contributed by atoms with Gasteiger partial charge in [0.1, 0.15) is 11.6 Å². The molecule has 0 spiro atoms. The highest BCUT2D eigenvalue weighted by atomic mass is 32.2. The van der Waals surface area contributed by atoms with Crippen molar-refractivity contribution in [2.45, 2.75) is 12.7 Å². The van der Waals surface area contributed by atoms with Crippen LogP contribution in [0.1, 0.15) is 12.5 Å². The first-order valence-electron chi connectivity index (χ1n) is 6.46. The number of sulfonamides is 1. The first-order valence-corrected chi connectivity index (χ1v) is 8.07. The monoisotopic (exact) mass is 318 g/mol. The summed E-state index contributed by atoms with van der Waals surface area (Å²) in [4.78, 5) is 12.8. The first-order chi connectivity index (χ1) is 9.78. The van der Waals surface area contributed by atoms with Gasteiger partial charge in [-0.2, -0.15) is 4.31 Å². The van der Waals surface area contributed by atoms with Gasteiger partial charge >= 0.3 is 0 Å². The number of hydrogen-bond acceptors (Lipinski definition) is 3. The molecule has 2 rings (SSSR count). The Bertz CT molecular complexity index is 621. The standard InChI is InChI=1S/C13H16F2N2O3S/c1-10(18)16-2-4-17(5-3-16)21(19,20)9-11-6-12(14)8-13(15)7-11/h6-8H,2-5,9H2,1H3. The summed E-state index contributed by atoms with van der Waals surface area (Å²) in [5.41, 5.74) is 0.0708. The number of halogens is 2. The van der Waals surface area contributed by atoms with Gasteiger partial charge in [-0.1, -0.05) is 0 Å². The second-order valence-corrected chi connectivity index (χ2v) is 6.91. The summed E-state index contributed by atoms with van der Waals surface area (Å²) in [5, 5.41) is 0. The van der Waals surface area contributed by atoms with Crippen LogP contribution in [0.25, 0.3) is 0 Å². The van der Waals surface area contributed by atoms with E-state index >= 15 is 0 Å². The van der Waals surface area contributed by atoms with Crippen molar-refractivity contribution in [1.82, 2.24) is 9.21 Å². The Morgan fingerprint density at radius 1 is 1.10 bits per heavy atom. The molecule has 0 radical (unpaired) electrons. The third-order valence-electron chi connectivity index (χ3n) is 3.35. The van der Waals surface area contributed by atoms with Gasteiger partial charge in [0.05, 0.1) is 5.75 Å². The lowest BCUT2D eigenvalue weighted by atomic mass is 10.2. The lowest BCUT2D eigenvalue weighted by Crippen LogP contribution is -2.50. The van der Waals surface area contributed by atoms with Gasteiger partial charge < -0.3 is 4.90 Å². The lowest BCUT2D eigenvalue weighted by molar-refractivity contribution is -0.129. The normalized spacial score (nSPS) is 17.0. The van der Waals surface area contributed by atoms with Crippen molar-refractivity contribution in [3.05, 3.63) is 35.4 Å². The van der Waals surface area contributed by atoms with E-state index in [1.165, 1.54) is 11.2 Å². The van der Waals surface area contributed by atoms with Gasteiger partial charge in [0.15, 0.2) is 0 Å². The van der Waals surface area contributed by atoms with Crippen LogP contribution in [0.2, 0.25) is 0 Å². The van der Waals surface area contributed by atoms with Crippen LogP contribution in [0.15, 0.2) is 18.2 Å². The van der Waals surface area contributed by atoms with Crippen LogP contribution in [0, 0.1) is 11.6 Å². The smallest absolute Gasteiger partial charge is 0.219 e. The SMILES string of the molecule is CC(=O)N1CCN(S(=O)(=O)Cc2cc(F)cc(F)c2)CC1. The Hall–Kier alpha value is -1.54. The van der Waals surface area contributed by atoms with Crippen LogP contribution < -0.4 is 0 Å². The molecule has 116 valence electrons. The molecular weight excluding hydrogens is 302 g/mol. The Kier molecular flexibility index (Phi) is 4.58. The molecule has 1 aromatic rings. The van der Waals surface area contributed by atoms with Gasteiger partial charge in [-0.05, 0) is 17.7 Å². The molecule has 8 heteroatoms. The molecule has 1 aliphatic heterocycles. The number of piperazine rings is 1. The molecule has 0 bridgehead atoms. The molecule has 0 aromatic heterocycles. The molecule has 1 saturated heterocycles. The van der Waals surface area contributed by atoms with Crippen LogP contribution in [0.4, 0.5) is 8.78 Å². The highest BCUT2D eigenvalue weighted by Gasteiger charge is 2.28. The second-order valence-electron chi connectivity index (χ2n) is 4.94. The Morgan fingerprint density at radius 3 is 2.10 bits per heavy atom. The topological polar surface area (TPSA) is 57.7 Å². The van der Waals surface area contributed by atoms with E-state index in [0.717, 1.165) is 12.1 Å². The summed E-state index contributed by atoms with van der Waals surface area (Å²) < 4.78 is 51.9. The third kappa shape index (κ3) is 3.98. The van der Waals surface area contributed by atoms with Crippen LogP contribution in [-0.2, 0) is 20.6 Å². The molecule has 21 heavy (non-hydrogen) atoms. The van der Waals surface area contributed by atoms with E-state index in [4.69, 9.17) is 0 Å². The fraction of sp³-hybridized carbons (Fsp3) is 0.462. The number of carbonyl (C=O) groups is 1. The summed E-state index contributed by atoms with van der Waals surface area (Å²) in [6.45, 7) is 2.47. The van der Waals surface area contributed by atoms with Gasteiger partial charge in [-0.15, -0.1) is 0 Å². The predicted octanol–water partition coefficient (Wildman–Crippen LogP) is 0.959. The summed E-state index contributed by atoms with van der Waals surface area (Å²) >= 11 is 0. The van der Waals surface area contributed by atoms with Crippen molar-refractivity contribution >= 4 is 15.9 Å². The zero-order chi connectivity index (χ0) is 15.6. The quantitative estimate of drug-likeness (QED) is 0.834. The molecule has 0 saturated carbocycles. The maximum atomic E-state index is 13.1. The average molecular weight is 318 g/mol. The molecule has 1 aliphatic rings. The van der Waals surface area contributed by atoms with Gasteiger partial charge in [0.25, 0.3) is 0 Å². The van der Waals surface area contributed by atoms with Crippen molar-refractivity contribution in [2.75, 3.05) is 26.2 Å². The minimum absolute atomic E-state index is 0.0708. The van der Waals surface area contributed by atoms with E-state index in [1.807, 2.05) is 0 Å². The maximum absolute atomic E-state index is 13.1. The molecule has 0 unspecified atom stereocenters. The molecule has 1 amide bonds. The van der Waals surface area contributed by atoms with Crippen LogP contribution in [-0.4, -0.2) is 49.7 Å². The molecule has 1 aromatic carbocycles.